The average molecular weight is 322 g/mol. The van der Waals surface area contributed by atoms with E-state index in [1.807, 2.05) is 18.5 Å². The van der Waals surface area contributed by atoms with Crippen molar-refractivity contribution in [2.75, 3.05) is 20.2 Å². The van der Waals surface area contributed by atoms with Crippen molar-refractivity contribution in [3.8, 4) is 0 Å². The van der Waals surface area contributed by atoms with Crippen LogP contribution in [0.4, 0.5) is 0 Å². The van der Waals surface area contributed by atoms with Crippen molar-refractivity contribution in [2.24, 2.45) is 0 Å². The second-order valence-corrected chi connectivity index (χ2v) is 7.64. The SMILES string of the molecule is COCc1nc([C@@H]2CCCN3CCCC[C@H]23)n(CC(C)(C)O)n1. The molecule has 0 radical (unpaired) electrons. The Morgan fingerprint density at radius 3 is 2.74 bits per heavy atom. The molecule has 0 aliphatic carbocycles. The zero-order valence-corrected chi connectivity index (χ0v) is 14.7. The molecule has 0 unspecified atom stereocenters. The van der Waals surface area contributed by atoms with E-state index in [4.69, 9.17) is 9.72 Å². The van der Waals surface area contributed by atoms with E-state index in [2.05, 4.69) is 10.00 Å². The fourth-order valence-electron chi connectivity index (χ4n) is 4.11. The number of methoxy groups -OCH3 is 1. The molecule has 3 rings (SSSR count). The van der Waals surface area contributed by atoms with Crippen LogP contribution in [-0.2, 0) is 17.9 Å². The van der Waals surface area contributed by atoms with Crippen LogP contribution in [-0.4, -0.2) is 56.6 Å². The van der Waals surface area contributed by atoms with Gasteiger partial charge in [-0.3, -0.25) is 4.90 Å². The van der Waals surface area contributed by atoms with Crippen molar-refractivity contribution >= 4 is 0 Å². The number of fused-ring (bicyclic) bond motifs is 1. The molecule has 0 spiro atoms. The van der Waals surface area contributed by atoms with Crippen molar-refractivity contribution in [1.29, 1.82) is 0 Å². The first kappa shape index (κ1) is 16.9. The van der Waals surface area contributed by atoms with Crippen LogP contribution in [0.5, 0.6) is 0 Å². The third-order valence-corrected chi connectivity index (χ3v) is 4.98. The fraction of sp³-hybridized carbons (Fsp3) is 0.882. The number of hydrogen-bond donors (Lipinski definition) is 1. The zero-order chi connectivity index (χ0) is 16.4. The Bertz CT molecular complexity index is 521. The molecule has 3 heterocycles. The van der Waals surface area contributed by atoms with Gasteiger partial charge < -0.3 is 9.84 Å². The lowest BCUT2D eigenvalue weighted by Gasteiger charge is -2.44. The fourth-order valence-corrected chi connectivity index (χ4v) is 4.11. The lowest BCUT2D eigenvalue weighted by molar-refractivity contribution is 0.0511. The summed E-state index contributed by atoms with van der Waals surface area (Å²) in [7, 11) is 1.67. The van der Waals surface area contributed by atoms with Crippen LogP contribution in [0.2, 0.25) is 0 Å². The van der Waals surface area contributed by atoms with Gasteiger partial charge in [-0.05, 0) is 52.6 Å². The molecule has 1 aromatic rings. The van der Waals surface area contributed by atoms with Crippen molar-refractivity contribution in [1.82, 2.24) is 19.7 Å². The normalized spacial score (nSPS) is 26.3. The molecule has 6 nitrogen and oxygen atoms in total. The number of aromatic nitrogens is 3. The van der Waals surface area contributed by atoms with Gasteiger partial charge in [0, 0.05) is 19.1 Å². The van der Waals surface area contributed by atoms with Crippen LogP contribution in [0.1, 0.15) is 63.5 Å². The number of nitrogens with zero attached hydrogens (tertiary/aromatic N) is 4. The number of aliphatic hydroxyl groups is 1. The van der Waals surface area contributed by atoms with E-state index in [-0.39, 0.29) is 0 Å². The molecule has 130 valence electrons. The largest absolute Gasteiger partial charge is 0.389 e. The smallest absolute Gasteiger partial charge is 0.176 e. The molecule has 0 bridgehead atoms. The molecule has 1 N–H and O–H groups in total. The van der Waals surface area contributed by atoms with Crippen LogP contribution < -0.4 is 0 Å². The van der Waals surface area contributed by atoms with Crippen LogP contribution >= 0.6 is 0 Å². The second kappa shape index (κ2) is 6.87. The number of ether oxygens (including phenoxy) is 1. The Morgan fingerprint density at radius 1 is 1.22 bits per heavy atom. The van der Waals surface area contributed by atoms with Crippen molar-refractivity contribution in [3.05, 3.63) is 11.6 Å². The van der Waals surface area contributed by atoms with Gasteiger partial charge in [0.15, 0.2) is 5.82 Å². The van der Waals surface area contributed by atoms with Gasteiger partial charge in [-0.25, -0.2) is 9.67 Å². The molecule has 2 aliphatic heterocycles. The Labute approximate surface area is 138 Å². The first-order valence-electron chi connectivity index (χ1n) is 8.87. The standard InChI is InChI=1S/C17H30N4O2/c1-17(2,22)12-21-16(18-15(19-21)11-23-3)13-7-6-10-20-9-5-4-8-14(13)20/h13-14,22H,4-12H2,1-3H3/t13-,14-/m1/s1. The Hall–Kier alpha value is -0.980. The summed E-state index contributed by atoms with van der Waals surface area (Å²) >= 11 is 0. The Kier molecular flexibility index (Phi) is 5.04. The van der Waals surface area contributed by atoms with E-state index in [9.17, 15) is 5.11 Å². The number of hydrogen-bond acceptors (Lipinski definition) is 5. The molecule has 23 heavy (non-hydrogen) atoms. The van der Waals surface area contributed by atoms with Crippen molar-refractivity contribution in [2.45, 2.75) is 76.7 Å². The van der Waals surface area contributed by atoms with E-state index in [1.54, 1.807) is 7.11 Å². The highest BCUT2D eigenvalue weighted by atomic mass is 16.5. The van der Waals surface area contributed by atoms with Gasteiger partial charge in [-0.2, -0.15) is 5.10 Å². The maximum Gasteiger partial charge on any atom is 0.176 e. The summed E-state index contributed by atoms with van der Waals surface area (Å²) in [5.41, 5.74) is -0.798. The van der Waals surface area contributed by atoms with Gasteiger partial charge in [-0.1, -0.05) is 6.42 Å². The Balaban J connectivity index is 1.89. The summed E-state index contributed by atoms with van der Waals surface area (Å²) in [6, 6.07) is 0.581. The highest BCUT2D eigenvalue weighted by Gasteiger charge is 2.37. The van der Waals surface area contributed by atoms with Gasteiger partial charge in [0.05, 0.1) is 12.1 Å². The van der Waals surface area contributed by atoms with Gasteiger partial charge in [0.2, 0.25) is 0 Å². The quantitative estimate of drug-likeness (QED) is 0.897. The maximum absolute atomic E-state index is 10.2. The first-order valence-corrected chi connectivity index (χ1v) is 8.87. The van der Waals surface area contributed by atoms with Crippen LogP contribution in [0.25, 0.3) is 0 Å². The third-order valence-electron chi connectivity index (χ3n) is 4.98. The summed E-state index contributed by atoms with van der Waals surface area (Å²) in [6.07, 6.45) is 6.25. The van der Waals surface area contributed by atoms with Crippen LogP contribution in [0, 0.1) is 0 Å². The van der Waals surface area contributed by atoms with Crippen LogP contribution in [0.15, 0.2) is 0 Å². The van der Waals surface area contributed by atoms with Crippen molar-refractivity contribution < 1.29 is 9.84 Å². The number of rotatable bonds is 5. The van der Waals surface area contributed by atoms with Gasteiger partial charge in [0.1, 0.15) is 12.4 Å². The Morgan fingerprint density at radius 2 is 2.00 bits per heavy atom. The predicted octanol–water partition coefficient (Wildman–Crippen LogP) is 1.93. The first-order chi connectivity index (χ1) is 11.0. The molecule has 2 aliphatic rings. The lowest BCUT2D eigenvalue weighted by atomic mass is 9.83. The highest BCUT2D eigenvalue weighted by Crippen LogP contribution is 2.37. The van der Waals surface area contributed by atoms with E-state index >= 15 is 0 Å². The number of piperidine rings is 2. The van der Waals surface area contributed by atoms with Crippen LogP contribution in [0.3, 0.4) is 0 Å². The molecule has 0 aromatic carbocycles. The van der Waals surface area contributed by atoms with Gasteiger partial charge >= 0.3 is 0 Å². The summed E-state index contributed by atoms with van der Waals surface area (Å²) < 4.78 is 7.14. The molecule has 6 heteroatoms. The predicted molar refractivity (Wildman–Crippen MR) is 88.2 cm³/mol. The third kappa shape index (κ3) is 3.92. The van der Waals surface area contributed by atoms with E-state index in [0.29, 0.717) is 25.1 Å². The summed E-state index contributed by atoms with van der Waals surface area (Å²) in [6.45, 7) is 6.97. The maximum atomic E-state index is 10.2. The second-order valence-electron chi connectivity index (χ2n) is 7.64. The molecule has 2 atom stereocenters. The zero-order valence-electron chi connectivity index (χ0n) is 14.7. The monoisotopic (exact) mass is 322 g/mol. The van der Waals surface area contributed by atoms with E-state index in [0.717, 1.165) is 18.1 Å². The molecular weight excluding hydrogens is 292 g/mol. The molecular formula is C17H30N4O2. The minimum Gasteiger partial charge on any atom is -0.389 e. The van der Waals surface area contributed by atoms with Crippen molar-refractivity contribution in [3.63, 3.8) is 0 Å². The topological polar surface area (TPSA) is 63.4 Å². The summed E-state index contributed by atoms with van der Waals surface area (Å²) in [4.78, 5) is 7.42. The summed E-state index contributed by atoms with van der Waals surface area (Å²) in [5.74, 6) is 2.18. The van der Waals surface area contributed by atoms with E-state index < -0.39 is 5.60 Å². The molecule has 1 aromatic heterocycles. The molecule has 2 fully saturated rings. The molecule has 2 saturated heterocycles. The van der Waals surface area contributed by atoms with Gasteiger partial charge in [-0.15, -0.1) is 0 Å². The minimum atomic E-state index is -0.798. The average Bonchev–Trinajstić information content (AvgIpc) is 2.87. The lowest BCUT2D eigenvalue weighted by Crippen LogP contribution is -2.47. The van der Waals surface area contributed by atoms with E-state index in [1.165, 1.54) is 38.8 Å². The molecule has 0 saturated carbocycles. The highest BCUT2D eigenvalue weighted by molar-refractivity contribution is 5.08. The molecule has 0 amide bonds. The minimum absolute atomic E-state index is 0.421. The van der Waals surface area contributed by atoms with Gasteiger partial charge in [0.25, 0.3) is 0 Å². The summed E-state index contributed by atoms with van der Waals surface area (Å²) in [5, 5.41) is 14.8.